The van der Waals surface area contributed by atoms with Gasteiger partial charge in [0.15, 0.2) is 0 Å². The first-order chi connectivity index (χ1) is 18.9. The molecule has 4 amide bonds. The van der Waals surface area contributed by atoms with Crippen LogP contribution in [0.3, 0.4) is 0 Å². The first kappa shape index (κ1) is 24.8. The van der Waals surface area contributed by atoms with Crippen molar-refractivity contribution in [1.82, 2.24) is 35.7 Å². The molecular formula is C26H24N8O4S. The average molecular weight is 545 g/mol. The predicted octanol–water partition coefficient (Wildman–Crippen LogP) is 2.65. The molecule has 3 aliphatic rings. The lowest BCUT2D eigenvalue weighted by atomic mass is 9.99. The smallest absolute Gasteiger partial charge is 0.327 e. The van der Waals surface area contributed by atoms with E-state index in [2.05, 4.69) is 37.4 Å². The molecule has 6 rings (SSSR count). The highest BCUT2D eigenvalue weighted by molar-refractivity contribution is 8.01. The number of carbonyl (C=O) groups is 3. The maximum atomic E-state index is 13.5. The van der Waals surface area contributed by atoms with Gasteiger partial charge in [0.1, 0.15) is 10.3 Å². The van der Waals surface area contributed by atoms with E-state index >= 15 is 0 Å². The van der Waals surface area contributed by atoms with Gasteiger partial charge in [0, 0.05) is 49.2 Å². The van der Waals surface area contributed by atoms with Crippen LogP contribution in [-0.4, -0.2) is 67.3 Å². The number of thioether (sulfide) groups is 1. The molecule has 1 saturated heterocycles. The molecule has 0 bridgehead atoms. The van der Waals surface area contributed by atoms with Crippen molar-refractivity contribution < 1.29 is 19.1 Å². The predicted molar refractivity (Wildman–Crippen MR) is 142 cm³/mol. The van der Waals surface area contributed by atoms with Crippen molar-refractivity contribution in [2.45, 2.75) is 35.7 Å². The number of pyridine rings is 2. The van der Waals surface area contributed by atoms with Gasteiger partial charge in [-0.15, -0.1) is 5.10 Å². The quantitative estimate of drug-likeness (QED) is 0.448. The van der Waals surface area contributed by atoms with Crippen LogP contribution in [0.25, 0.3) is 0 Å². The van der Waals surface area contributed by atoms with Gasteiger partial charge in [-0.3, -0.25) is 14.5 Å². The summed E-state index contributed by atoms with van der Waals surface area (Å²) >= 11 is 1.32. The third-order valence-corrected chi connectivity index (χ3v) is 8.10. The molecule has 3 aromatic rings. The fraction of sp³-hybridized carbons (Fsp3) is 0.269. The number of rotatable bonds is 6. The van der Waals surface area contributed by atoms with E-state index in [0.717, 1.165) is 5.56 Å². The largest absolute Gasteiger partial charge is 0.419 e. The van der Waals surface area contributed by atoms with Crippen LogP contribution in [0.4, 0.5) is 16.2 Å². The van der Waals surface area contributed by atoms with Crippen LogP contribution >= 0.6 is 11.8 Å². The molecule has 0 aromatic carbocycles. The molecule has 6 heterocycles. The van der Waals surface area contributed by atoms with E-state index in [4.69, 9.17) is 4.74 Å². The zero-order valence-electron chi connectivity index (χ0n) is 20.9. The molecule has 0 spiro atoms. The first-order valence-corrected chi connectivity index (χ1v) is 13.2. The Morgan fingerprint density at radius 2 is 2.08 bits per heavy atom. The number of nitrogens with one attached hydrogen (secondary N) is 2. The highest BCUT2D eigenvalue weighted by Crippen LogP contribution is 2.50. The minimum atomic E-state index is -0.592. The van der Waals surface area contributed by atoms with E-state index in [9.17, 15) is 14.4 Å². The Bertz CT molecular complexity index is 1490. The normalized spacial score (nSPS) is 21.3. The van der Waals surface area contributed by atoms with Crippen LogP contribution < -0.4 is 20.3 Å². The van der Waals surface area contributed by atoms with E-state index in [-0.39, 0.29) is 23.9 Å². The van der Waals surface area contributed by atoms with E-state index in [1.807, 2.05) is 0 Å². The Morgan fingerprint density at radius 1 is 1.21 bits per heavy atom. The molecule has 12 nitrogen and oxygen atoms in total. The third-order valence-electron chi connectivity index (χ3n) is 6.82. The second-order valence-corrected chi connectivity index (χ2v) is 10.4. The van der Waals surface area contributed by atoms with Gasteiger partial charge in [0.25, 0.3) is 0 Å². The van der Waals surface area contributed by atoms with Gasteiger partial charge in [-0.2, -0.15) is 5.10 Å². The molecule has 2 N–H and O–H groups in total. The number of aryl methyl sites for hydroxylation is 1. The summed E-state index contributed by atoms with van der Waals surface area (Å²) in [6.45, 7) is 6.30. The topological polar surface area (TPSA) is 143 Å². The highest BCUT2D eigenvalue weighted by Gasteiger charge is 2.47. The van der Waals surface area contributed by atoms with Crippen molar-refractivity contribution >= 4 is 41.0 Å². The Balaban J connectivity index is 1.23. The molecular weight excluding hydrogens is 520 g/mol. The van der Waals surface area contributed by atoms with E-state index in [1.54, 1.807) is 59.4 Å². The number of ether oxygens (including phenoxy) is 1. The van der Waals surface area contributed by atoms with Crippen molar-refractivity contribution in [2.24, 2.45) is 0 Å². The van der Waals surface area contributed by atoms with Gasteiger partial charge < -0.3 is 20.3 Å². The summed E-state index contributed by atoms with van der Waals surface area (Å²) in [6, 6.07) is 7.48. The molecule has 0 aliphatic carbocycles. The number of hydrogen-bond acceptors (Lipinski definition) is 9. The lowest BCUT2D eigenvalue weighted by molar-refractivity contribution is -0.126. The molecule has 3 aromatic heterocycles. The number of anilines is 2. The van der Waals surface area contributed by atoms with Crippen molar-refractivity contribution in [2.75, 3.05) is 18.0 Å². The van der Waals surface area contributed by atoms with Crippen LogP contribution in [0, 0.1) is 6.92 Å². The van der Waals surface area contributed by atoms with Gasteiger partial charge in [-0.1, -0.05) is 18.3 Å². The number of aromatic nitrogens is 4. The summed E-state index contributed by atoms with van der Waals surface area (Å²) < 4.78 is 5.68. The molecule has 3 aliphatic heterocycles. The highest BCUT2D eigenvalue weighted by atomic mass is 32.2. The lowest BCUT2D eigenvalue weighted by Gasteiger charge is -2.34. The number of carbonyl (C=O) groups excluding carboxylic acids is 3. The van der Waals surface area contributed by atoms with Gasteiger partial charge in [-0.05, 0) is 37.6 Å². The number of likely N-dealkylation sites (tertiary alicyclic amines) is 1. The fourth-order valence-corrected chi connectivity index (χ4v) is 6.26. The molecule has 39 heavy (non-hydrogen) atoms. The number of hydrogen-bond donors (Lipinski definition) is 2. The number of amides is 4. The fourth-order valence-electron chi connectivity index (χ4n) is 5.03. The standard InChI is InChI=1S/C26H24N8O4S/c1-3-20(35)33-12-9-15(13-33)30-24(36)23-22-21-17(8-11-27-25(21)39-23)34(26(37)31-22)16-6-7-18(29-14(16)2)38-19-5-4-10-28-32-19/h3-8,10-11,15,22-23H,1,9,12-13H2,2H3,(H,30,36)(H,31,37)/t15?,22?,23-/m1/s1. The van der Waals surface area contributed by atoms with Crippen molar-refractivity contribution in [3.8, 4) is 11.8 Å². The van der Waals surface area contributed by atoms with Crippen molar-refractivity contribution in [3.05, 3.63) is 66.6 Å². The van der Waals surface area contributed by atoms with Crippen LogP contribution in [0.5, 0.6) is 11.8 Å². The molecule has 1 fully saturated rings. The summed E-state index contributed by atoms with van der Waals surface area (Å²) in [6.07, 6.45) is 5.12. The van der Waals surface area contributed by atoms with Crippen LogP contribution in [0.15, 0.2) is 60.4 Å². The molecule has 3 atom stereocenters. The minimum absolute atomic E-state index is 0.152. The molecule has 13 heteroatoms. The Morgan fingerprint density at radius 3 is 2.85 bits per heavy atom. The molecule has 198 valence electrons. The Labute approximate surface area is 227 Å². The second kappa shape index (κ2) is 9.98. The zero-order valence-corrected chi connectivity index (χ0v) is 21.7. The molecule has 0 radical (unpaired) electrons. The van der Waals surface area contributed by atoms with Crippen LogP contribution in [0.1, 0.15) is 23.7 Å². The van der Waals surface area contributed by atoms with Gasteiger partial charge in [0.05, 0.1) is 23.1 Å². The monoisotopic (exact) mass is 544 g/mol. The number of urea groups is 1. The van der Waals surface area contributed by atoms with Crippen molar-refractivity contribution in [3.63, 3.8) is 0 Å². The van der Waals surface area contributed by atoms with Crippen LogP contribution in [0.2, 0.25) is 0 Å². The van der Waals surface area contributed by atoms with Crippen molar-refractivity contribution in [1.29, 1.82) is 0 Å². The summed E-state index contributed by atoms with van der Waals surface area (Å²) in [5.74, 6) is 0.270. The maximum absolute atomic E-state index is 13.5. The SMILES string of the molecule is C=CC(=O)N1CCC(NC(=O)[C@@H]2Sc3nccc4c3C2NC(=O)N4c2ccc(Oc3cccnn3)nc2C)C1. The first-order valence-electron chi connectivity index (χ1n) is 12.3. The third kappa shape index (κ3) is 4.54. The Hall–Kier alpha value is -4.52. The Kier molecular flexibility index (Phi) is 6.35. The van der Waals surface area contributed by atoms with Crippen LogP contribution in [-0.2, 0) is 9.59 Å². The maximum Gasteiger partial charge on any atom is 0.327 e. The zero-order chi connectivity index (χ0) is 27.1. The van der Waals surface area contributed by atoms with E-state index in [1.165, 1.54) is 17.8 Å². The summed E-state index contributed by atoms with van der Waals surface area (Å²) in [4.78, 5) is 50.9. The molecule has 2 unspecified atom stereocenters. The molecule has 0 saturated carbocycles. The minimum Gasteiger partial charge on any atom is -0.419 e. The van der Waals surface area contributed by atoms with Gasteiger partial charge >= 0.3 is 6.03 Å². The number of nitrogens with zero attached hydrogens (tertiary/aromatic N) is 6. The van der Waals surface area contributed by atoms with E-state index in [0.29, 0.717) is 53.4 Å². The lowest BCUT2D eigenvalue weighted by Crippen LogP contribution is -2.50. The summed E-state index contributed by atoms with van der Waals surface area (Å²) in [5.41, 5.74) is 2.57. The second-order valence-electron chi connectivity index (χ2n) is 9.25. The average Bonchev–Trinajstić information content (AvgIpc) is 3.55. The summed E-state index contributed by atoms with van der Waals surface area (Å²) in [7, 11) is 0. The summed E-state index contributed by atoms with van der Waals surface area (Å²) in [5, 5.41) is 13.8. The van der Waals surface area contributed by atoms with Gasteiger partial charge in [-0.25, -0.2) is 14.8 Å². The van der Waals surface area contributed by atoms with Gasteiger partial charge in [0.2, 0.25) is 23.6 Å². The van der Waals surface area contributed by atoms with E-state index < -0.39 is 11.3 Å².